The minimum absolute atomic E-state index is 0.0301. The molecule has 2 heterocycles. The first kappa shape index (κ1) is 27.3. The summed E-state index contributed by atoms with van der Waals surface area (Å²) in [5.41, 5.74) is 3.90. The van der Waals surface area contributed by atoms with Crippen molar-refractivity contribution in [1.29, 1.82) is 0 Å². The van der Waals surface area contributed by atoms with Gasteiger partial charge < -0.3 is 29.5 Å². The summed E-state index contributed by atoms with van der Waals surface area (Å²) in [6.07, 6.45) is 7.80. The highest BCUT2D eigenvalue weighted by atomic mass is 16.7. The normalized spacial score (nSPS) is 23.0. The molecule has 2 aromatic carbocycles. The van der Waals surface area contributed by atoms with E-state index in [4.69, 9.17) is 14.2 Å². The van der Waals surface area contributed by atoms with Crippen LogP contribution in [0.5, 0.6) is 0 Å². The van der Waals surface area contributed by atoms with E-state index in [2.05, 4.69) is 16.8 Å². The van der Waals surface area contributed by atoms with E-state index in [1.807, 2.05) is 48.5 Å². The van der Waals surface area contributed by atoms with E-state index in [1.165, 1.54) is 38.2 Å². The summed E-state index contributed by atoms with van der Waals surface area (Å²) in [4.78, 5) is 14.3. The minimum Gasteiger partial charge on any atom is -0.445 e. The summed E-state index contributed by atoms with van der Waals surface area (Å²) in [5, 5.41) is 12.2. The Hall–Kier alpha value is -2.71. The summed E-state index contributed by atoms with van der Waals surface area (Å²) in [6.45, 7) is 7.28. The largest absolute Gasteiger partial charge is 0.445 e. The Kier molecular flexibility index (Phi) is 10.6. The number of alkyl carbamates (subject to hydrolysis) is 1. The zero-order valence-corrected chi connectivity index (χ0v) is 21.6. The van der Waals surface area contributed by atoms with E-state index in [-0.39, 0.29) is 25.4 Å². The lowest BCUT2D eigenvalue weighted by Gasteiger charge is -2.38. The summed E-state index contributed by atoms with van der Waals surface area (Å²) >= 11 is 0. The number of carbonyl (C=O) groups excluding carboxylic acids is 1. The summed E-state index contributed by atoms with van der Waals surface area (Å²) in [7, 11) is 0. The Labute approximate surface area is 220 Å². The summed E-state index contributed by atoms with van der Waals surface area (Å²) in [5.74, 6) is 0. The van der Waals surface area contributed by atoms with E-state index in [1.54, 1.807) is 0 Å². The van der Waals surface area contributed by atoms with E-state index in [0.717, 1.165) is 48.3 Å². The van der Waals surface area contributed by atoms with Crippen molar-refractivity contribution >= 4 is 6.09 Å². The Morgan fingerprint density at radius 1 is 0.973 bits per heavy atom. The van der Waals surface area contributed by atoms with Crippen LogP contribution in [0.2, 0.25) is 0 Å². The molecule has 2 saturated heterocycles. The highest BCUT2D eigenvalue weighted by molar-refractivity contribution is 5.67. The third kappa shape index (κ3) is 8.40. The molecule has 2 fully saturated rings. The molecule has 0 aliphatic carbocycles. The highest BCUT2D eigenvalue weighted by Crippen LogP contribution is 2.38. The molecule has 2 N–H and O–H groups in total. The van der Waals surface area contributed by atoms with E-state index in [0.29, 0.717) is 6.54 Å². The number of likely N-dealkylation sites (tertiary alicyclic amines) is 1. The molecular weight excluding hydrogens is 468 g/mol. The molecular formula is C30H40N2O5. The molecule has 2 aliphatic rings. The number of hydrogen-bond donors (Lipinski definition) is 2. The molecule has 2 aromatic rings. The first-order valence-electron chi connectivity index (χ1n) is 13.5. The van der Waals surface area contributed by atoms with Crippen LogP contribution >= 0.6 is 0 Å². The van der Waals surface area contributed by atoms with E-state index >= 15 is 0 Å². The van der Waals surface area contributed by atoms with Crippen LogP contribution in [0, 0.1) is 0 Å². The second-order valence-electron chi connectivity index (χ2n) is 9.90. The molecule has 37 heavy (non-hydrogen) atoms. The Morgan fingerprint density at radius 3 is 2.30 bits per heavy atom. The predicted octanol–water partition coefficient (Wildman–Crippen LogP) is 5.40. The van der Waals surface area contributed by atoms with Gasteiger partial charge in [0.2, 0.25) is 0 Å². The number of benzene rings is 2. The lowest BCUT2D eigenvalue weighted by Crippen LogP contribution is -2.40. The molecule has 2 aliphatic heterocycles. The van der Waals surface area contributed by atoms with Crippen LogP contribution in [-0.2, 0) is 27.4 Å². The number of aliphatic hydroxyl groups excluding tert-OH is 1. The van der Waals surface area contributed by atoms with Gasteiger partial charge in [-0.05, 0) is 42.6 Å². The van der Waals surface area contributed by atoms with Crippen molar-refractivity contribution < 1.29 is 24.1 Å². The summed E-state index contributed by atoms with van der Waals surface area (Å²) < 4.78 is 18.0. The van der Waals surface area contributed by atoms with Gasteiger partial charge in [0.05, 0.1) is 18.8 Å². The zero-order valence-electron chi connectivity index (χ0n) is 21.6. The predicted molar refractivity (Wildman–Crippen MR) is 143 cm³/mol. The summed E-state index contributed by atoms with van der Waals surface area (Å²) in [6, 6.07) is 16.0. The number of hydrogen-bond acceptors (Lipinski definition) is 6. The van der Waals surface area contributed by atoms with Gasteiger partial charge in [-0.25, -0.2) is 4.79 Å². The number of amides is 1. The Morgan fingerprint density at radius 2 is 1.62 bits per heavy atom. The van der Waals surface area contributed by atoms with Gasteiger partial charge in [0.15, 0.2) is 6.29 Å². The second-order valence-corrected chi connectivity index (χ2v) is 9.90. The first-order valence-corrected chi connectivity index (χ1v) is 13.5. The smallest absolute Gasteiger partial charge is 0.407 e. The Bertz CT molecular complexity index is 970. The van der Waals surface area contributed by atoms with Gasteiger partial charge in [-0.1, -0.05) is 80.4 Å². The average molecular weight is 509 g/mol. The number of carbonyl (C=O) groups is 1. The van der Waals surface area contributed by atoms with Gasteiger partial charge >= 0.3 is 6.09 Å². The van der Waals surface area contributed by atoms with Crippen molar-refractivity contribution in [3.8, 4) is 0 Å². The molecule has 0 radical (unpaired) electrons. The lowest BCUT2D eigenvalue weighted by molar-refractivity contribution is -0.253. The van der Waals surface area contributed by atoms with Crippen molar-refractivity contribution in [2.45, 2.75) is 70.2 Å². The molecule has 0 unspecified atom stereocenters. The highest BCUT2D eigenvalue weighted by Gasteiger charge is 2.33. The van der Waals surface area contributed by atoms with Gasteiger partial charge in [0.1, 0.15) is 6.61 Å². The fraction of sp³-hybridized carbons (Fsp3) is 0.500. The monoisotopic (exact) mass is 508 g/mol. The quantitative estimate of drug-likeness (QED) is 0.442. The van der Waals surface area contributed by atoms with Crippen LogP contribution in [0.3, 0.4) is 0 Å². The minimum atomic E-state index is -0.476. The third-order valence-corrected chi connectivity index (χ3v) is 7.05. The van der Waals surface area contributed by atoms with Crippen LogP contribution < -0.4 is 5.32 Å². The SMILES string of the molecule is C=CCOC(=O)NCc1ccc([C@H]2O[C@@H](CN3CCCCCCC3)C[C@@H](c3ccc(CO)cc3)O2)cc1. The van der Waals surface area contributed by atoms with Crippen LogP contribution in [-0.4, -0.2) is 48.4 Å². The number of rotatable bonds is 9. The fourth-order valence-corrected chi connectivity index (χ4v) is 4.97. The van der Waals surface area contributed by atoms with Crippen molar-refractivity contribution in [2.75, 3.05) is 26.2 Å². The fourth-order valence-electron chi connectivity index (χ4n) is 4.97. The van der Waals surface area contributed by atoms with Crippen LogP contribution in [0.4, 0.5) is 4.79 Å². The Balaban J connectivity index is 1.44. The number of aliphatic hydroxyl groups is 1. The van der Waals surface area contributed by atoms with Gasteiger partial charge in [-0.2, -0.15) is 0 Å². The molecule has 0 aromatic heterocycles. The second kappa shape index (κ2) is 14.3. The third-order valence-electron chi connectivity index (χ3n) is 7.05. The number of nitrogens with one attached hydrogen (secondary N) is 1. The molecule has 7 nitrogen and oxygen atoms in total. The molecule has 7 heteroatoms. The zero-order chi connectivity index (χ0) is 25.9. The lowest BCUT2D eigenvalue weighted by atomic mass is 9.99. The molecule has 3 atom stereocenters. The van der Waals surface area contributed by atoms with Crippen molar-refractivity contribution in [1.82, 2.24) is 10.2 Å². The molecule has 200 valence electrons. The first-order chi connectivity index (χ1) is 18.1. The van der Waals surface area contributed by atoms with Crippen LogP contribution in [0.15, 0.2) is 61.2 Å². The van der Waals surface area contributed by atoms with E-state index < -0.39 is 12.4 Å². The molecule has 1 amide bonds. The maximum Gasteiger partial charge on any atom is 0.407 e. The molecule has 0 bridgehead atoms. The number of nitrogens with zero attached hydrogens (tertiary/aromatic N) is 1. The molecule has 4 rings (SSSR count). The standard InChI is InChI=1S/C30H40N2O5/c1-2-18-35-30(34)31-20-23-8-14-26(15-9-23)29-36-27(21-32-16-6-4-3-5-7-17-32)19-28(37-29)25-12-10-24(22-33)11-13-25/h2,8-15,27-29,33H,1,3-7,16-22H2,(H,31,34)/t27-,28+,29+/m1/s1. The topological polar surface area (TPSA) is 80.3 Å². The van der Waals surface area contributed by atoms with Crippen LogP contribution in [0.25, 0.3) is 0 Å². The van der Waals surface area contributed by atoms with Crippen molar-refractivity contribution in [2.24, 2.45) is 0 Å². The average Bonchev–Trinajstić information content (AvgIpc) is 2.92. The van der Waals surface area contributed by atoms with Gasteiger partial charge in [-0.15, -0.1) is 0 Å². The maximum absolute atomic E-state index is 11.7. The number of ether oxygens (including phenoxy) is 3. The van der Waals surface area contributed by atoms with Gasteiger partial charge in [-0.3, -0.25) is 0 Å². The maximum atomic E-state index is 11.7. The molecule has 0 spiro atoms. The van der Waals surface area contributed by atoms with Gasteiger partial charge in [0.25, 0.3) is 0 Å². The van der Waals surface area contributed by atoms with Crippen LogP contribution in [0.1, 0.15) is 73.2 Å². The van der Waals surface area contributed by atoms with Gasteiger partial charge in [0, 0.05) is 25.1 Å². The van der Waals surface area contributed by atoms with E-state index in [9.17, 15) is 9.90 Å². The van der Waals surface area contributed by atoms with Crippen molar-refractivity contribution in [3.05, 3.63) is 83.4 Å². The molecule has 0 saturated carbocycles. The van der Waals surface area contributed by atoms with Crippen molar-refractivity contribution in [3.63, 3.8) is 0 Å².